The maximum absolute atomic E-state index is 11.1. The van der Waals surface area contributed by atoms with E-state index in [1.54, 1.807) is 0 Å². The molecule has 0 bridgehead atoms. The third kappa shape index (κ3) is 3.59. The Balaban J connectivity index is 2.95. The summed E-state index contributed by atoms with van der Waals surface area (Å²) >= 11 is 0. The first-order valence-electron chi connectivity index (χ1n) is 5.63. The molecule has 92 valence electrons. The van der Waals surface area contributed by atoms with E-state index >= 15 is 0 Å². The van der Waals surface area contributed by atoms with Crippen LogP contribution in [0.2, 0.25) is 0 Å². The van der Waals surface area contributed by atoms with Crippen LogP contribution >= 0.6 is 0 Å². The molecule has 1 rings (SSSR count). The summed E-state index contributed by atoms with van der Waals surface area (Å²) in [6, 6.07) is 0. The fourth-order valence-corrected chi connectivity index (χ4v) is 1.40. The first kappa shape index (κ1) is 13.2. The van der Waals surface area contributed by atoms with E-state index < -0.39 is 0 Å². The van der Waals surface area contributed by atoms with E-state index in [-0.39, 0.29) is 5.78 Å². The number of hydrogen-bond acceptors (Lipinski definition) is 4. The summed E-state index contributed by atoms with van der Waals surface area (Å²) in [5.41, 5.74) is 2.24. The molecule has 0 aromatic carbocycles. The second kappa shape index (κ2) is 6.03. The molecular formula is C13H18N2O2. The number of hydrogen-bond donors (Lipinski definition) is 1. The molecule has 4 nitrogen and oxygen atoms in total. The molecule has 1 aromatic rings. The lowest BCUT2D eigenvalue weighted by molar-refractivity contribution is 0.101. The van der Waals surface area contributed by atoms with Crippen LogP contribution < -0.4 is 5.32 Å². The summed E-state index contributed by atoms with van der Waals surface area (Å²) in [6.07, 6.45) is 5.23. The van der Waals surface area contributed by atoms with Gasteiger partial charge in [-0.2, -0.15) is 0 Å². The zero-order valence-electron chi connectivity index (χ0n) is 10.7. The van der Waals surface area contributed by atoms with Crippen molar-refractivity contribution >= 4 is 11.4 Å². The number of ketones is 1. The molecule has 0 aliphatic carbocycles. The molecule has 0 unspecified atom stereocenters. The quantitative estimate of drug-likeness (QED) is 0.628. The largest absolute Gasteiger partial charge is 0.444 e. The number of rotatable bonds is 5. The molecule has 1 aromatic heterocycles. The topological polar surface area (TPSA) is 55.1 Å². The minimum Gasteiger partial charge on any atom is -0.444 e. The van der Waals surface area contributed by atoms with Crippen molar-refractivity contribution in [2.45, 2.75) is 27.7 Å². The van der Waals surface area contributed by atoms with E-state index in [9.17, 15) is 4.79 Å². The molecule has 0 saturated heterocycles. The molecule has 0 aliphatic rings. The van der Waals surface area contributed by atoms with Crippen molar-refractivity contribution in [3.63, 3.8) is 0 Å². The van der Waals surface area contributed by atoms with Gasteiger partial charge in [0.1, 0.15) is 12.0 Å². The van der Waals surface area contributed by atoms with E-state index in [0.717, 1.165) is 17.8 Å². The van der Waals surface area contributed by atoms with E-state index in [1.807, 2.05) is 32.9 Å². The van der Waals surface area contributed by atoms with Crippen molar-refractivity contribution in [3.8, 4) is 0 Å². The maximum Gasteiger partial charge on any atom is 0.226 e. The third-order valence-electron chi connectivity index (χ3n) is 2.25. The average molecular weight is 234 g/mol. The fraction of sp³-hybridized carbons (Fsp3) is 0.385. The van der Waals surface area contributed by atoms with Gasteiger partial charge in [-0.05, 0) is 26.8 Å². The number of carbonyl (C=O) groups excluding carboxylic acids is 1. The average Bonchev–Trinajstić information content (AvgIpc) is 2.75. The Kier molecular flexibility index (Phi) is 4.69. The molecular weight excluding hydrogens is 216 g/mol. The molecule has 4 heteroatoms. The van der Waals surface area contributed by atoms with E-state index in [1.165, 1.54) is 13.2 Å². The van der Waals surface area contributed by atoms with Crippen molar-refractivity contribution in [1.29, 1.82) is 0 Å². The summed E-state index contributed by atoms with van der Waals surface area (Å²) in [5.74, 6) is 0.373. The van der Waals surface area contributed by atoms with Crippen LogP contribution in [0.4, 0.5) is 0 Å². The van der Waals surface area contributed by atoms with Crippen molar-refractivity contribution < 1.29 is 9.21 Å². The van der Waals surface area contributed by atoms with E-state index in [4.69, 9.17) is 4.42 Å². The molecule has 0 atom stereocenters. The number of nitrogens with one attached hydrogen (secondary N) is 1. The number of allylic oxidation sites excluding steroid dienone is 4. The molecule has 0 spiro atoms. The predicted octanol–water partition coefficient (Wildman–Crippen LogP) is 2.79. The van der Waals surface area contributed by atoms with Gasteiger partial charge in [0.15, 0.2) is 5.78 Å². The minimum atomic E-state index is -0.0946. The van der Waals surface area contributed by atoms with Crippen LogP contribution in [0.1, 0.15) is 44.1 Å². The highest BCUT2D eigenvalue weighted by molar-refractivity contribution is 5.92. The van der Waals surface area contributed by atoms with E-state index in [0.29, 0.717) is 11.6 Å². The van der Waals surface area contributed by atoms with Gasteiger partial charge in [-0.3, -0.25) is 4.79 Å². The van der Waals surface area contributed by atoms with Crippen LogP contribution in [0.5, 0.6) is 0 Å². The van der Waals surface area contributed by atoms with Gasteiger partial charge in [0.25, 0.3) is 0 Å². The second-order valence-corrected chi connectivity index (χ2v) is 3.70. The van der Waals surface area contributed by atoms with Gasteiger partial charge in [-0.15, -0.1) is 0 Å². The zero-order chi connectivity index (χ0) is 12.8. The van der Waals surface area contributed by atoms with E-state index in [2.05, 4.69) is 10.3 Å². The summed E-state index contributed by atoms with van der Waals surface area (Å²) in [6.45, 7) is 8.25. The van der Waals surface area contributed by atoms with Crippen molar-refractivity contribution in [1.82, 2.24) is 10.3 Å². The van der Waals surface area contributed by atoms with Crippen LogP contribution in [0, 0.1) is 0 Å². The Hall–Kier alpha value is -1.84. The third-order valence-corrected chi connectivity index (χ3v) is 2.25. The number of oxazole rings is 1. The van der Waals surface area contributed by atoms with Crippen molar-refractivity contribution in [2.24, 2.45) is 0 Å². The summed E-state index contributed by atoms with van der Waals surface area (Å²) in [4.78, 5) is 15.3. The number of Topliss-reactive ketones (excluding diaryl/α,β-unsaturated/α-hetero) is 1. The number of carbonyl (C=O) groups is 1. The van der Waals surface area contributed by atoms with Gasteiger partial charge in [0, 0.05) is 24.7 Å². The number of nitrogens with zero attached hydrogens (tertiary/aromatic N) is 1. The molecule has 0 saturated carbocycles. The first-order chi connectivity index (χ1) is 8.08. The molecule has 17 heavy (non-hydrogen) atoms. The van der Waals surface area contributed by atoms with Crippen LogP contribution in [0.15, 0.2) is 28.5 Å². The Bertz CT molecular complexity index is 456. The second-order valence-electron chi connectivity index (χ2n) is 3.70. The van der Waals surface area contributed by atoms with Gasteiger partial charge in [-0.25, -0.2) is 4.98 Å². The molecule has 0 fully saturated rings. The van der Waals surface area contributed by atoms with Crippen molar-refractivity contribution in [3.05, 3.63) is 35.7 Å². The van der Waals surface area contributed by atoms with Crippen molar-refractivity contribution in [2.75, 3.05) is 6.54 Å². The van der Waals surface area contributed by atoms with Gasteiger partial charge in [-0.1, -0.05) is 6.08 Å². The Labute approximate surface area is 101 Å². The zero-order valence-corrected chi connectivity index (χ0v) is 10.7. The van der Waals surface area contributed by atoms with Crippen LogP contribution in [-0.2, 0) is 0 Å². The summed E-state index contributed by atoms with van der Waals surface area (Å²) in [5, 5.41) is 3.19. The first-order valence-corrected chi connectivity index (χ1v) is 5.63. The maximum atomic E-state index is 11.1. The van der Waals surface area contributed by atoms with Gasteiger partial charge < -0.3 is 9.73 Å². The smallest absolute Gasteiger partial charge is 0.226 e. The molecule has 1 heterocycles. The normalized spacial score (nSPS) is 12.7. The standard InChI is InChI=1S/C13H18N2O2/c1-5-11(7-9(3)14-6-2)13-15-12(8-17-13)10(4)16/h5,7-8,14H,6H2,1-4H3/b9-7+,11-5+. The minimum absolute atomic E-state index is 0.0946. The SMILES string of the molecule is C/C=C(\C=C(/C)NCC)c1nc(C(C)=O)co1. The number of aromatic nitrogens is 1. The lowest BCUT2D eigenvalue weighted by Gasteiger charge is -2.03. The molecule has 0 aliphatic heterocycles. The van der Waals surface area contributed by atoms with Gasteiger partial charge in [0.05, 0.1) is 0 Å². The Morgan fingerprint density at radius 2 is 2.24 bits per heavy atom. The monoisotopic (exact) mass is 234 g/mol. The Morgan fingerprint density at radius 3 is 2.71 bits per heavy atom. The summed E-state index contributed by atoms with van der Waals surface area (Å²) in [7, 11) is 0. The summed E-state index contributed by atoms with van der Waals surface area (Å²) < 4.78 is 5.29. The van der Waals surface area contributed by atoms with Crippen LogP contribution in [0.25, 0.3) is 5.57 Å². The highest BCUT2D eigenvalue weighted by atomic mass is 16.3. The van der Waals surface area contributed by atoms with Crippen LogP contribution in [0.3, 0.4) is 0 Å². The molecule has 1 N–H and O–H groups in total. The van der Waals surface area contributed by atoms with Gasteiger partial charge >= 0.3 is 0 Å². The lowest BCUT2D eigenvalue weighted by atomic mass is 10.2. The highest BCUT2D eigenvalue weighted by Crippen LogP contribution is 2.16. The fourth-order valence-electron chi connectivity index (χ4n) is 1.40. The Morgan fingerprint density at radius 1 is 1.53 bits per heavy atom. The lowest BCUT2D eigenvalue weighted by Crippen LogP contribution is -2.09. The van der Waals surface area contributed by atoms with Gasteiger partial charge in [0.2, 0.25) is 5.89 Å². The molecule has 0 amide bonds. The highest BCUT2D eigenvalue weighted by Gasteiger charge is 2.10. The van der Waals surface area contributed by atoms with Crippen LogP contribution in [-0.4, -0.2) is 17.3 Å². The predicted molar refractivity (Wildman–Crippen MR) is 67.6 cm³/mol. The molecule has 0 radical (unpaired) electrons.